The first-order chi connectivity index (χ1) is 29.6. The first-order valence-electron chi connectivity index (χ1n) is 26.2. The summed E-state index contributed by atoms with van der Waals surface area (Å²) >= 11 is 0. The highest BCUT2D eigenvalue weighted by Crippen LogP contribution is 2.43. The summed E-state index contributed by atoms with van der Waals surface area (Å²) in [6.45, 7) is 12.9. The normalized spacial score (nSPS) is 13.9. The van der Waals surface area contributed by atoms with E-state index in [1.165, 1.54) is 148 Å². The summed E-state index contributed by atoms with van der Waals surface area (Å²) in [6, 6.07) is 7.18. The number of carboxylic acid groups (broad SMARTS) is 1. The Labute approximate surface area is 374 Å². The Bertz CT molecular complexity index is 1090. The van der Waals surface area contributed by atoms with Crippen molar-refractivity contribution in [3.05, 3.63) is 24.3 Å². The summed E-state index contributed by atoms with van der Waals surface area (Å²) in [4.78, 5) is 13.3. The van der Waals surface area contributed by atoms with Crippen LogP contribution in [0.25, 0.3) is 0 Å². The van der Waals surface area contributed by atoms with Crippen LogP contribution >= 0.6 is 0 Å². The summed E-state index contributed by atoms with van der Waals surface area (Å²) in [5, 5.41) is 12.4. The predicted molar refractivity (Wildman–Crippen MR) is 256 cm³/mol. The summed E-state index contributed by atoms with van der Waals surface area (Å²) in [5.41, 5.74) is -1.16. The van der Waals surface area contributed by atoms with Crippen LogP contribution in [0.3, 0.4) is 0 Å². The minimum absolute atomic E-state index is 0.0421. The number of nitrogens with one attached hydrogen (secondary N) is 1. The molecule has 358 valence electrons. The van der Waals surface area contributed by atoms with Crippen LogP contribution in [0.4, 0.5) is 18.9 Å². The third-order valence-electron chi connectivity index (χ3n) is 12.9. The molecule has 0 aliphatic carbocycles. The van der Waals surface area contributed by atoms with E-state index in [1.807, 2.05) is 12.1 Å². The van der Waals surface area contributed by atoms with E-state index < -0.39 is 17.7 Å². The number of hydrogen-bond acceptors (Lipinski definition) is 4. The van der Waals surface area contributed by atoms with Gasteiger partial charge in [-0.1, -0.05) is 201 Å². The predicted octanol–water partition coefficient (Wildman–Crippen LogP) is 17.5. The van der Waals surface area contributed by atoms with Gasteiger partial charge in [-0.3, -0.25) is 4.79 Å². The van der Waals surface area contributed by atoms with Gasteiger partial charge in [0.15, 0.2) is 0 Å². The van der Waals surface area contributed by atoms with Gasteiger partial charge in [0.1, 0.15) is 5.75 Å². The van der Waals surface area contributed by atoms with Crippen LogP contribution in [0.5, 0.6) is 5.75 Å². The number of alkyl halides is 3. The highest BCUT2D eigenvalue weighted by Gasteiger charge is 2.56. The maximum absolute atomic E-state index is 14.8. The third kappa shape index (κ3) is 29.9. The fourth-order valence-corrected chi connectivity index (χ4v) is 8.71. The number of anilines is 1. The van der Waals surface area contributed by atoms with E-state index in [-0.39, 0.29) is 18.8 Å². The second-order valence-corrected chi connectivity index (χ2v) is 18.5. The van der Waals surface area contributed by atoms with Crippen LogP contribution in [0.15, 0.2) is 24.3 Å². The van der Waals surface area contributed by atoms with Crippen molar-refractivity contribution in [1.29, 1.82) is 0 Å². The van der Waals surface area contributed by atoms with Crippen molar-refractivity contribution in [2.24, 2.45) is 5.92 Å². The Hall–Kier alpha value is -1.96. The van der Waals surface area contributed by atoms with Crippen LogP contribution in [-0.2, 0) is 4.79 Å². The fraction of sp³-hybridized carbons (Fsp3) is 0.868. The molecule has 1 aromatic rings. The molecule has 0 radical (unpaired) electrons. The van der Waals surface area contributed by atoms with Crippen LogP contribution in [-0.4, -0.2) is 53.9 Å². The fourth-order valence-electron chi connectivity index (χ4n) is 8.71. The van der Waals surface area contributed by atoms with Gasteiger partial charge in [-0.05, 0) is 95.3 Å². The number of aliphatic carboxylic acids is 1. The maximum atomic E-state index is 14.8. The Morgan fingerprint density at radius 3 is 1.31 bits per heavy atom. The van der Waals surface area contributed by atoms with E-state index in [0.717, 1.165) is 83.1 Å². The van der Waals surface area contributed by atoms with Crippen molar-refractivity contribution in [2.45, 2.75) is 264 Å². The number of piperidine rings is 1. The van der Waals surface area contributed by atoms with Crippen molar-refractivity contribution in [3.63, 3.8) is 0 Å². The lowest BCUT2D eigenvalue weighted by molar-refractivity contribution is -0.254. The van der Waals surface area contributed by atoms with E-state index in [1.54, 1.807) is 12.1 Å². The van der Waals surface area contributed by atoms with Gasteiger partial charge in [-0.15, -0.1) is 0 Å². The molecule has 5 nitrogen and oxygen atoms in total. The number of hydrogen-bond donors (Lipinski definition) is 2. The van der Waals surface area contributed by atoms with E-state index in [0.29, 0.717) is 18.6 Å². The number of halogens is 3. The van der Waals surface area contributed by atoms with Gasteiger partial charge in [0.05, 0.1) is 5.92 Å². The number of nitrogens with zero attached hydrogens (tertiary/aromatic N) is 1. The highest BCUT2D eigenvalue weighted by atomic mass is 19.4. The molecule has 2 rings (SSSR count). The summed E-state index contributed by atoms with van der Waals surface area (Å²) < 4.78 is 50.3. The standard InChI is InChI=1S/C38H68F3NO.C15H29NO2/c1-4-7-10-13-16-19-22-25-32-37(38(39,40)41,33-26-23-20-17-14-11-8-5-2)43-36-30-28-35(29-31-36)42-34-27-24-21-18-15-12-9-6-3;1-2-3-4-5-6-7-8-11-16-12-9-14(10-13-16)15(17)18/h28-31,42H,4-27,32-34H2,1-3H3;14H,2-13H2,1H3,(H,17,18). The maximum Gasteiger partial charge on any atom is 0.428 e. The van der Waals surface area contributed by atoms with E-state index in [4.69, 9.17) is 9.84 Å². The number of likely N-dealkylation sites (tertiary alicyclic amines) is 1. The second kappa shape index (κ2) is 38.5. The number of carboxylic acids is 1. The van der Waals surface area contributed by atoms with E-state index in [2.05, 4.69) is 37.9 Å². The van der Waals surface area contributed by atoms with Gasteiger partial charge in [0.25, 0.3) is 0 Å². The molecule has 1 fully saturated rings. The molecular formula is C53H97F3N2O3. The Morgan fingerprint density at radius 1 is 0.574 bits per heavy atom. The summed E-state index contributed by atoms with van der Waals surface area (Å²) in [7, 11) is 0. The topological polar surface area (TPSA) is 61.8 Å². The van der Waals surface area contributed by atoms with Crippen molar-refractivity contribution in [2.75, 3.05) is 31.5 Å². The molecule has 0 aromatic heterocycles. The van der Waals surface area contributed by atoms with Crippen molar-refractivity contribution in [3.8, 4) is 5.75 Å². The van der Waals surface area contributed by atoms with Gasteiger partial charge in [0.2, 0.25) is 5.60 Å². The van der Waals surface area contributed by atoms with Crippen molar-refractivity contribution in [1.82, 2.24) is 4.90 Å². The smallest absolute Gasteiger partial charge is 0.428 e. The molecule has 1 aromatic carbocycles. The first-order valence-corrected chi connectivity index (χ1v) is 26.2. The molecule has 2 N–H and O–H groups in total. The Balaban J connectivity index is 0.000000856. The van der Waals surface area contributed by atoms with Gasteiger partial charge < -0.3 is 20.1 Å². The quantitative estimate of drug-likeness (QED) is 0.0646. The Morgan fingerprint density at radius 2 is 0.934 bits per heavy atom. The first kappa shape index (κ1) is 57.1. The molecular weight excluding hydrogens is 770 g/mol. The minimum Gasteiger partial charge on any atom is -0.481 e. The monoisotopic (exact) mass is 867 g/mol. The molecule has 1 heterocycles. The third-order valence-corrected chi connectivity index (χ3v) is 12.9. The molecule has 61 heavy (non-hydrogen) atoms. The van der Waals surface area contributed by atoms with Crippen LogP contribution in [0.2, 0.25) is 0 Å². The lowest BCUT2D eigenvalue weighted by Crippen LogP contribution is -2.50. The van der Waals surface area contributed by atoms with E-state index >= 15 is 0 Å². The minimum atomic E-state index is -4.40. The zero-order valence-electron chi connectivity index (χ0n) is 40.3. The number of unbranched alkanes of at least 4 members (excludes halogenated alkanes) is 27. The Kier molecular flexibility index (Phi) is 36.0. The molecule has 1 aliphatic heterocycles. The lowest BCUT2D eigenvalue weighted by atomic mass is 9.88. The van der Waals surface area contributed by atoms with Crippen LogP contribution in [0.1, 0.15) is 252 Å². The molecule has 8 heteroatoms. The van der Waals surface area contributed by atoms with Crippen LogP contribution < -0.4 is 10.1 Å². The number of ether oxygens (including phenoxy) is 1. The van der Waals surface area contributed by atoms with Gasteiger partial charge in [0, 0.05) is 12.2 Å². The molecule has 1 aliphatic rings. The molecule has 0 atom stereocenters. The molecule has 1 saturated heterocycles. The average Bonchev–Trinajstić information content (AvgIpc) is 3.25. The molecule has 0 amide bonds. The number of rotatable bonds is 39. The lowest BCUT2D eigenvalue weighted by Gasteiger charge is -2.36. The molecule has 0 spiro atoms. The van der Waals surface area contributed by atoms with Gasteiger partial charge in [-0.2, -0.15) is 13.2 Å². The highest BCUT2D eigenvalue weighted by molar-refractivity contribution is 5.70. The van der Waals surface area contributed by atoms with Gasteiger partial charge >= 0.3 is 12.1 Å². The van der Waals surface area contributed by atoms with Crippen molar-refractivity contribution < 1.29 is 27.8 Å². The zero-order valence-corrected chi connectivity index (χ0v) is 40.3. The second-order valence-electron chi connectivity index (χ2n) is 18.5. The van der Waals surface area contributed by atoms with E-state index in [9.17, 15) is 18.0 Å². The molecule has 0 saturated carbocycles. The number of carbonyl (C=O) groups is 1. The van der Waals surface area contributed by atoms with Crippen molar-refractivity contribution >= 4 is 11.7 Å². The van der Waals surface area contributed by atoms with Crippen LogP contribution in [0, 0.1) is 5.92 Å². The SMILES string of the molecule is CCCCCCCCCCNc1ccc(OC(CCCCCCCCCC)(CCCCCCCCCC)C(F)(F)F)cc1.CCCCCCCCCN1CCC(C(=O)O)CC1. The van der Waals surface area contributed by atoms with Gasteiger partial charge in [-0.25, -0.2) is 0 Å². The summed E-state index contributed by atoms with van der Waals surface area (Å²) in [6.07, 6.45) is 33.8. The summed E-state index contributed by atoms with van der Waals surface area (Å²) in [5.74, 6) is -0.366. The molecule has 0 bridgehead atoms. The largest absolute Gasteiger partial charge is 0.481 e. The number of benzene rings is 1. The molecule has 0 unspecified atom stereocenters. The zero-order chi connectivity index (χ0) is 44.7. The average molecular weight is 867 g/mol.